The second kappa shape index (κ2) is 10.3. The maximum absolute atomic E-state index is 13.2. The third-order valence-electron chi connectivity index (χ3n) is 5.18. The van der Waals surface area contributed by atoms with Crippen LogP contribution in [0.5, 0.6) is 5.75 Å². The minimum absolute atomic E-state index is 0.0135. The van der Waals surface area contributed by atoms with Gasteiger partial charge in [0.15, 0.2) is 10.8 Å². The molecule has 2 N–H and O–H groups in total. The highest BCUT2D eigenvalue weighted by Gasteiger charge is 2.22. The fourth-order valence-corrected chi connectivity index (χ4v) is 4.45. The van der Waals surface area contributed by atoms with Crippen LogP contribution in [0.25, 0.3) is 22.0 Å². The zero-order valence-corrected chi connectivity index (χ0v) is 20.0. The minimum Gasteiger partial charge on any atom is -0.497 e. The van der Waals surface area contributed by atoms with E-state index in [1.165, 1.54) is 22.2 Å². The number of methoxy groups -OCH3 is 1. The Morgan fingerprint density at radius 2 is 1.81 bits per heavy atom. The van der Waals surface area contributed by atoms with Crippen molar-refractivity contribution in [2.45, 2.75) is 6.54 Å². The van der Waals surface area contributed by atoms with E-state index in [2.05, 4.69) is 20.7 Å². The molecule has 5 aromatic rings. The van der Waals surface area contributed by atoms with Crippen molar-refractivity contribution in [1.82, 2.24) is 14.8 Å². The van der Waals surface area contributed by atoms with E-state index in [1.54, 1.807) is 56.0 Å². The number of carbonyl (C=O) groups is 2. The van der Waals surface area contributed by atoms with Gasteiger partial charge in [-0.05, 0) is 36.4 Å². The van der Waals surface area contributed by atoms with Gasteiger partial charge < -0.3 is 19.8 Å². The van der Waals surface area contributed by atoms with Crippen LogP contribution in [0.4, 0.5) is 11.4 Å². The molecule has 0 radical (unpaired) electrons. The van der Waals surface area contributed by atoms with E-state index in [0.29, 0.717) is 38.5 Å². The fraction of sp³-hybridized carbons (Fsp3) is 0.0769. The molecule has 0 fully saturated rings. The Balaban J connectivity index is 1.29. The molecule has 10 heteroatoms. The Morgan fingerprint density at radius 1 is 1.00 bits per heavy atom. The van der Waals surface area contributed by atoms with Gasteiger partial charge in [-0.25, -0.2) is 4.98 Å². The van der Waals surface area contributed by atoms with Crippen LogP contribution < -0.4 is 15.4 Å². The number of hydrogen-bond acceptors (Lipinski definition) is 7. The van der Waals surface area contributed by atoms with Crippen LogP contribution in [0.2, 0.25) is 0 Å². The summed E-state index contributed by atoms with van der Waals surface area (Å²) < 4.78 is 12.0. The number of aromatic nitrogens is 3. The van der Waals surface area contributed by atoms with E-state index in [-0.39, 0.29) is 18.4 Å². The topological polar surface area (TPSA) is 111 Å². The van der Waals surface area contributed by atoms with Crippen LogP contribution in [-0.4, -0.2) is 33.7 Å². The van der Waals surface area contributed by atoms with Gasteiger partial charge in [0.1, 0.15) is 17.2 Å². The van der Waals surface area contributed by atoms with E-state index in [4.69, 9.17) is 9.15 Å². The zero-order valence-electron chi connectivity index (χ0n) is 19.2. The average molecular weight is 500 g/mol. The van der Waals surface area contributed by atoms with Crippen LogP contribution >= 0.6 is 11.3 Å². The van der Waals surface area contributed by atoms with Crippen molar-refractivity contribution in [1.29, 1.82) is 0 Å². The quantitative estimate of drug-likeness (QED) is 0.305. The van der Waals surface area contributed by atoms with Gasteiger partial charge in [0.05, 0.1) is 31.0 Å². The first kappa shape index (κ1) is 23.1. The van der Waals surface area contributed by atoms with Crippen molar-refractivity contribution in [3.63, 3.8) is 0 Å². The van der Waals surface area contributed by atoms with Gasteiger partial charge in [0.2, 0.25) is 5.91 Å². The van der Waals surface area contributed by atoms with E-state index in [1.807, 2.05) is 30.3 Å². The van der Waals surface area contributed by atoms with Crippen molar-refractivity contribution in [2.75, 3.05) is 17.7 Å². The molecule has 2 aromatic carbocycles. The van der Waals surface area contributed by atoms with E-state index >= 15 is 0 Å². The Bertz CT molecular complexity index is 1470. The van der Waals surface area contributed by atoms with Crippen molar-refractivity contribution in [3.05, 3.63) is 90.3 Å². The van der Waals surface area contributed by atoms with Crippen LogP contribution in [0.1, 0.15) is 9.67 Å². The molecule has 0 atom stereocenters. The van der Waals surface area contributed by atoms with Gasteiger partial charge in [-0.15, -0.1) is 11.3 Å². The molecule has 0 aliphatic rings. The number of rotatable bonds is 8. The molecule has 0 aliphatic heterocycles. The molecule has 180 valence electrons. The summed E-state index contributed by atoms with van der Waals surface area (Å²) in [7, 11) is 1.58. The summed E-state index contributed by atoms with van der Waals surface area (Å²) in [6.45, 7) is -0.0135. The molecule has 3 aromatic heterocycles. The van der Waals surface area contributed by atoms with Gasteiger partial charge in [-0.1, -0.05) is 30.3 Å². The number of hydrogen-bond donors (Lipinski definition) is 2. The molecule has 36 heavy (non-hydrogen) atoms. The summed E-state index contributed by atoms with van der Waals surface area (Å²) >= 11 is 1.24. The maximum atomic E-state index is 13.2. The number of thiazole rings is 1. The maximum Gasteiger partial charge on any atom is 0.268 e. The van der Waals surface area contributed by atoms with E-state index in [0.717, 1.165) is 5.56 Å². The highest BCUT2D eigenvalue weighted by molar-refractivity contribution is 7.17. The molecule has 3 heterocycles. The first-order valence-electron chi connectivity index (χ1n) is 11.0. The highest BCUT2D eigenvalue weighted by atomic mass is 32.1. The molecule has 0 saturated heterocycles. The summed E-state index contributed by atoms with van der Waals surface area (Å²) in [6, 6.07) is 20.1. The molecule has 0 spiro atoms. The second-order valence-corrected chi connectivity index (χ2v) is 8.70. The largest absolute Gasteiger partial charge is 0.497 e. The first-order valence-corrected chi connectivity index (χ1v) is 11.8. The monoisotopic (exact) mass is 499 g/mol. The lowest BCUT2D eigenvalue weighted by Gasteiger charge is -2.06. The van der Waals surface area contributed by atoms with Crippen LogP contribution in [0, 0.1) is 0 Å². The molecule has 2 amide bonds. The molecular weight excluding hydrogens is 478 g/mol. The number of nitrogens with zero attached hydrogens (tertiary/aromatic N) is 3. The number of benzene rings is 2. The Labute approximate surface area is 210 Å². The van der Waals surface area contributed by atoms with Gasteiger partial charge in [-0.3, -0.25) is 14.3 Å². The molecule has 0 unspecified atom stereocenters. The number of ether oxygens (including phenoxy) is 1. The third-order valence-corrected chi connectivity index (χ3v) is 6.25. The number of nitrogens with one attached hydrogen (secondary N) is 2. The number of amides is 2. The second-order valence-electron chi connectivity index (χ2n) is 7.70. The predicted octanol–water partition coefficient (Wildman–Crippen LogP) is 5.17. The van der Waals surface area contributed by atoms with Crippen molar-refractivity contribution < 1.29 is 18.7 Å². The number of anilines is 2. The van der Waals surface area contributed by atoms with Gasteiger partial charge in [0, 0.05) is 17.4 Å². The molecule has 0 saturated carbocycles. The van der Waals surface area contributed by atoms with Crippen molar-refractivity contribution in [3.8, 4) is 27.8 Å². The summed E-state index contributed by atoms with van der Waals surface area (Å²) in [5.41, 5.74) is 2.50. The van der Waals surface area contributed by atoms with Crippen LogP contribution in [-0.2, 0) is 11.3 Å². The minimum atomic E-state index is -0.327. The average Bonchev–Trinajstić information content (AvgIpc) is 3.66. The van der Waals surface area contributed by atoms with Crippen molar-refractivity contribution in [2.24, 2.45) is 0 Å². The van der Waals surface area contributed by atoms with E-state index < -0.39 is 0 Å². The Kier molecular flexibility index (Phi) is 6.59. The van der Waals surface area contributed by atoms with Crippen molar-refractivity contribution >= 4 is 34.5 Å². The first-order chi connectivity index (χ1) is 17.6. The van der Waals surface area contributed by atoms with Crippen LogP contribution in [0.15, 0.2) is 89.8 Å². The third kappa shape index (κ3) is 5.18. The normalized spacial score (nSPS) is 10.7. The zero-order chi connectivity index (χ0) is 24.9. The highest BCUT2D eigenvalue weighted by Crippen LogP contribution is 2.34. The molecular formula is C26H21N5O4S. The van der Waals surface area contributed by atoms with Crippen LogP contribution in [0.3, 0.4) is 0 Å². The summed E-state index contributed by atoms with van der Waals surface area (Å²) in [5, 5.41) is 10.5. The van der Waals surface area contributed by atoms with Gasteiger partial charge in [0.25, 0.3) is 5.91 Å². The summed E-state index contributed by atoms with van der Waals surface area (Å²) in [5.74, 6) is 0.712. The fourth-order valence-electron chi connectivity index (χ4n) is 3.50. The number of furan rings is 1. The lowest BCUT2D eigenvalue weighted by atomic mass is 10.1. The SMILES string of the molecule is COc1ccc(NC(=O)Cn2cc(NC(=O)c3sc(-c4ccco4)nc3-c3ccccc3)cn2)cc1. The Morgan fingerprint density at radius 3 is 2.53 bits per heavy atom. The molecule has 0 bridgehead atoms. The molecule has 0 aliphatic carbocycles. The Hall–Kier alpha value is -4.70. The van der Waals surface area contributed by atoms with Gasteiger partial charge in [-0.2, -0.15) is 5.10 Å². The lowest BCUT2D eigenvalue weighted by Crippen LogP contribution is -2.19. The molecule has 9 nitrogen and oxygen atoms in total. The van der Waals surface area contributed by atoms with Gasteiger partial charge >= 0.3 is 0 Å². The number of carbonyl (C=O) groups excluding carboxylic acids is 2. The predicted molar refractivity (Wildman–Crippen MR) is 137 cm³/mol. The smallest absolute Gasteiger partial charge is 0.268 e. The summed E-state index contributed by atoms with van der Waals surface area (Å²) in [4.78, 5) is 30.7. The van der Waals surface area contributed by atoms with E-state index in [9.17, 15) is 9.59 Å². The molecule has 5 rings (SSSR count). The summed E-state index contributed by atoms with van der Waals surface area (Å²) in [6.07, 6.45) is 4.66. The lowest BCUT2D eigenvalue weighted by molar-refractivity contribution is -0.116. The standard InChI is InChI=1S/C26H21N5O4S/c1-34-20-11-9-18(10-12-20)28-22(32)16-31-15-19(14-27-31)29-25(33)24-23(17-6-3-2-4-7-17)30-26(36-24)21-8-5-13-35-21/h2-15H,16H2,1H3,(H,28,32)(H,29,33).